The summed E-state index contributed by atoms with van der Waals surface area (Å²) in [4.78, 5) is 63.0. The summed E-state index contributed by atoms with van der Waals surface area (Å²) >= 11 is 0. The molecule has 2 aromatic heterocycles. The number of aromatic nitrogens is 3. The van der Waals surface area contributed by atoms with Gasteiger partial charge >= 0.3 is 6.01 Å². The van der Waals surface area contributed by atoms with Gasteiger partial charge in [0.2, 0.25) is 11.8 Å². The number of anilines is 2. The number of fused-ring (bicyclic) bond motifs is 3. The largest absolute Gasteiger partial charge is 0.508 e. The van der Waals surface area contributed by atoms with E-state index in [9.17, 15) is 24.6 Å². The average molecular weight is 984 g/mol. The second-order valence-corrected chi connectivity index (χ2v) is 22.4. The second-order valence-electron chi connectivity index (χ2n) is 22.4. The maximum absolute atomic E-state index is 17.2. The summed E-state index contributed by atoms with van der Waals surface area (Å²) in [6.07, 6.45) is 10.5. The molecule has 1 saturated carbocycles. The number of imide groups is 1. The number of aromatic hydroxyl groups is 1. The van der Waals surface area contributed by atoms with Crippen LogP contribution < -0.4 is 19.9 Å². The third kappa shape index (κ3) is 8.57. The van der Waals surface area contributed by atoms with Crippen molar-refractivity contribution in [3.63, 3.8) is 0 Å². The predicted molar refractivity (Wildman–Crippen MR) is 268 cm³/mol. The number of rotatable bonds is 11. The molecule has 0 radical (unpaired) electrons. The van der Waals surface area contributed by atoms with Gasteiger partial charge in [-0.05, 0) is 156 Å². The van der Waals surface area contributed by atoms with Gasteiger partial charge in [-0.3, -0.25) is 24.7 Å². The lowest BCUT2D eigenvalue weighted by atomic mass is 9.71. The number of amides is 3. The zero-order valence-electron chi connectivity index (χ0n) is 41.2. The predicted octanol–water partition coefficient (Wildman–Crippen LogP) is 6.73. The van der Waals surface area contributed by atoms with E-state index in [1.165, 1.54) is 31.2 Å². The minimum atomic E-state index is -0.965. The Morgan fingerprint density at radius 2 is 1.67 bits per heavy atom. The molecule has 6 aliphatic heterocycles. The molecule has 12 rings (SSSR count). The third-order valence-corrected chi connectivity index (χ3v) is 17.3. The molecule has 378 valence electrons. The Morgan fingerprint density at radius 3 is 2.40 bits per heavy atom. The van der Waals surface area contributed by atoms with Crippen LogP contribution in [0.5, 0.6) is 11.8 Å². The maximum Gasteiger partial charge on any atom is 0.319 e. The number of piperidine rings is 4. The first kappa shape index (κ1) is 47.0. The summed E-state index contributed by atoms with van der Waals surface area (Å²) in [6, 6.07) is 12.0. The number of halogens is 2. The van der Waals surface area contributed by atoms with Crippen molar-refractivity contribution < 1.29 is 38.1 Å². The van der Waals surface area contributed by atoms with Crippen LogP contribution in [-0.4, -0.2) is 141 Å². The van der Waals surface area contributed by atoms with Crippen molar-refractivity contribution in [1.82, 2.24) is 35.0 Å². The van der Waals surface area contributed by atoms with Crippen LogP contribution in [0.2, 0.25) is 0 Å². The highest BCUT2D eigenvalue weighted by molar-refractivity contribution is 6.06. The SMILES string of the molecule is CCc1c(F)ccc2cc(O)cc(-c3ncc4c(N5CCC[C@@](C)(O)C5)nc(OCC5(CN6CCC(N7CCC8(CC7)CN(c7ccc9c(c7)CN(C7CCC(=O)NC7=O)C9=O)C8)CC6)CC5)nc4c3F)c12. The highest BCUT2D eigenvalue weighted by Gasteiger charge is 2.48. The molecule has 17 heteroatoms. The summed E-state index contributed by atoms with van der Waals surface area (Å²) < 4.78 is 38.8. The number of ether oxygens (including phenoxy) is 1. The van der Waals surface area contributed by atoms with Crippen LogP contribution in [0.25, 0.3) is 32.9 Å². The van der Waals surface area contributed by atoms with Gasteiger partial charge in [-0.2, -0.15) is 9.97 Å². The van der Waals surface area contributed by atoms with Crippen molar-refractivity contribution in [3.8, 4) is 23.0 Å². The molecule has 2 atom stereocenters. The van der Waals surface area contributed by atoms with E-state index in [0.717, 1.165) is 89.2 Å². The molecule has 1 aliphatic carbocycles. The molecule has 6 fully saturated rings. The number of carbonyl (C=O) groups excluding carboxylic acids is 3. The number of benzene rings is 3. The molecule has 1 unspecified atom stereocenters. The molecule has 3 amide bonds. The molecule has 1 spiro atoms. The van der Waals surface area contributed by atoms with Crippen LogP contribution in [0.3, 0.4) is 0 Å². The van der Waals surface area contributed by atoms with Gasteiger partial charge in [0.25, 0.3) is 5.91 Å². The van der Waals surface area contributed by atoms with Crippen molar-refractivity contribution in [2.24, 2.45) is 10.8 Å². The number of aliphatic hydroxyl groups is 1. The van der Waals surface area contributed by atoms with Gasteiger partial charge in [0.05, 0.1) is 17.6 Å². The van der Waals surface area contributed by atoms with E-state index in [2.05, 4.69) is 31.1 Å². The molecule has 8 heterocycles. The number of phenols is 1. The number of nitrogens with one attached hydrogen (secondary N) is 1. The normalized spacial score (nSPS) is 24.5. The lowest BCUT2D eigenvalue weighted by Gasteiger charge is -2.56. The molecule has 5 saturated heterocycles. The maximum atomic E-state index is 17.2. The zero-order chi connectivity index (χ0) is 49.7. The van der Waals surface area contributed by atoms with Gasteiger partial charge in [-0.1, -0.05) is 13.0 Å². The fourth-order valence-corrected chi connectivity index (χ4v) is 13.0. The molecule has 3 aromatic carbocycles. The minimum absolute atomic E-state index is 0.0146. The van der Waals surface area contributed by atoms with Gasteiger partial charge < -0.3 is 39.4 Å². The van der Waals surface area contributed by atoms with E-state index in [0.29, 0.717) is 90.1 Å². The van der Waals surface area contributed by atoms with Crippen LogP contribution >= 0.6 is 0 Å². The van der Waals surface area contributed by atoms with Crippen molar-refractivity contribution in [2.45, 2.75) is 109 Å². The van der Waals surface area contributed by atoms with Gasteiger partial charge in [-0.15, -0.1) is 0 Å². The number of β-amino-alcohol motifs (C(OH)–C–C–N with tert-alkyl or cyclic N) is 1. The highest BCUT2D eigenvalue weighted by atomic mass is 19.1. The molecule has 5 aromatic rings. The Hall–Kier alpha value is -6.04. The topological polar surface area (TPSA) is 168 Å². The molecular formula is C55H63F2N9O6. The Morgan fingerprint density at radius 1 is 0.875 bits per heavy atom. The summed E-state index contributed by atoms with van der Waals surface area (Å²) in [7, 11) is 0. The second kappa shape index (κ2) is 17.9. The minimum Gasteiger partial charge on any atom is -0.508 e. The lowest BCUT2D eigenvalue weighted by Crippen LogP contribution is -2.61. The van der Waals surface area contributed by atoms with E-state index in [4.69, 9.17) is 14.7 Å². The summed E-state index contributed by atoms with van der Waals surface area (Å²) in [5.74, 6) is -1.59. The Kier molecular flexibility index (Phi) is 11.7. The summed E-state index contributed by atoms with van der Waals surface area (Å²) in [6.45, 7) is 12.5. The number of hydrogen-bond donors (Lipinski definition) is 3. The van der Waals surface area contributed by atoms with E-state index in [1.54, 1.807) is 24.0 Å². The quantitative estimate of drug-likeness (QED) is 0.119. The monoisotopic (exact) mass is 983 g/mol. The lowest BCUT2D eigenvalue weighted by molar-refractivity contribution is -0.136. The Bertz CT molecular complexity index is 3010. The van der Waals surface area contributed by atoms with Crippen LogP contribution in [0.15, 0.2) is 48.7 Å². The highest BCUT2D eigenvalue weighted by Crippen LogP contribution is 2.48. The van der Waals surface area contributed by atoms with Crippen molar-refractivity contribution in [2.75, 3.05) is 75.3 Å². The first-order valence-corrected chi connectivity index (χ1v) is 26.1. The van der Waals surface area contributed by atoms with Crippen LogP contribution in [0.1, 0.15) is 99.5 Å². The average Bonchev–Trinajstić information content (AvgIpc) is 4.05. The van der Waals surface area contributed by atoms with Crippen molar-refractivity contribution in [1.29, 1.82) is 0 Å². The number of likely N-dealkylation sites (tertiary alicyclic amines) is 2. The van der Waals surface area contributed by atoms with E-state index >= 15 is 8.78 Å². The van der Waals surface area contributed by atoms with E-state index < -0.39 is 23.3 Å². The fraction of sp³-hybridized carbons (Fsp3) is 0.527. The third-order valence-electron chi connectivity index (χ3n) is 17.3. The Labute approximate surface area is 417 Å². The number of hydrogen-bond acceptors (Lipinski definition) is 13. The smallest absolute Gasteiger partial charge is 0.319 e. The number of pyridine rings is 1. The first-order chi connectivity index (χ1) is 34.7. The molecular weight excluding hydrogens is 921 g/mol. The van der Waals surface area contributed by atoms with Gasteiger partial charge in [0.15, 0.2) is 5.82 Å². The van der Waals surface area contributed by atoms with Gasteiger partial charge in [0, 0.05) is 85.6 Å². The van der Waals surface area contributed by atoms with E-state index in [1.807, 2.05) is 24.0 Å². The number of carbonyl (C=O) groups is 3. The Balaban J connectivity index is 0.676. The standard InChI is InChI=1S/C55H63F2N9O6/c1-3-38-42(56)8-5-33-24-37(67)25-40(45(33)38)47-46(57)48-41(26-58-47)49(64-18-4-13-53(2,71)28-64)61-52(60-48)72-32-55(14-15-55)29-62-19-11-35(12-20-62)63-21-16-54(17-22-63)30-65(31-54)36-6-7-39-34(23-36)27-66(51(39)70)43-9-10-44(68)59-50(43)69/h5-8,23-26,35,43,67,71H,3-4,9-22,27-32H2,1-2H3,(H,59,68,69)/t43?,53-/m1/s1. The number of phenolic OH excluding ortho intramolecular Hbond substituents is 1. The number of aryl methyl sites for hydroxylation is 1. The number of nitrogens with zero attached hydrogens (tertiary/aromatic N) is 8. The molecule has 72 heavy (non-hydrogen) atoms. The van der Waals surface area contributed by atoms with E-state index in [-0.39, 0.29) is 58.1 Å². The van der Waals surface area contributed by atoms with Crippen LogP contribution in [0.4, 0.5) is 20.3 Å². The van der Waals surface area contributed by atoms with Crippen molar-refractivity contribution >= 4 is 50.9 Å². The fourth-order valence-electron chi connectivity index (χ4n) is 13.0. The molecule has 0 bridgehead atoms. The van der Waals surface area contributed by atoms with Gasteiger partial charge in [-0.25, -0.2) is 8.78 Å². The van der Waals surface area contributed by atoms with Crippen LogP contribution in [-0.2, 0) is 22.6 Å². The summed E-state index contributed by atoms with van der Waals surface area (Å²) in [5, 5.41) is 25.7. The van der Waals surface area contributed by atoms with Crippen LogP contribution in [0, 0.1) is 22.5 Å². The zero-order valence-corrected chi connectivity index (χ0v) is 41.2. The van der Waals surface area contributed by atoms with Crippen molar-refractivity contribution in [3.05, 3.63) is 77.0 Å². The first-order valence-electron chi connectivity index (χ1n) is 26.1. The molecule has 15 nitrogen and oxygen atoms in total. The van der Waals surface area contributed by atoms with Gasteiger partial charge in [0.1, 0.15) is 34.6 Å². The molecule has 3 N–H and O–H groups in total. The summed E-state index contributed by atoms with van der Waals surface area (Å²) in [5.41, 5.74) is 2.64. The molecule has 7 aliphatic rings.